The summed E-state index contributed by atoms with van der Waals surface area (Å²) >= 11 is 4.35. The highest BCUT2D eigenvalue weighted by atomic mass is 32.2. The number of benzene rings is 1. The molecule has 0 aliphatic heterocycles. The monoisotopic (exact) mass is 449 g/mol. The third-order valence-electron chi connectivity index (χ3n) is 3.91. The van der Waals surface area contributed by atoms with Crippen LogP contribution in [-0.4, -0.2) is 38.5 Å². The summed E-state index contributed by atoms with van der Waals surface area (Å²) in [4.78, 5) is 16.1. The molecule has 29 heavy (non-hydrogen) atoms. The molecule has 0 aliphatic carbocycles. The van der Waals surface area contributed by atoms with Crippen molar-refractivity contribution in [1.29, 1.82) is 0 Å². The number of carbonyl (C=O) groups is 1. The van der Waals surface area contributed by atoms with Gasteiger partial charge in [0.1, 0.15) is 0 Å². The first-order valence-electron chi connectivity index (χ1n) is 9.34. The van der Waals surface area contributed by atoms with E-state index < -0.39 is 0 Å². The first-order chi connectivity index (χ1) is 14.0. The molecule has 3 rings (SSSR count). The van der Waals surface area contributed by atoms with E-state index in [9.17, 15) is 4.79 Å². The summed E-state index contributed by atoms with van der Waals surface area (Å²) in [6.45, 7) is 7.05. The number of nitrogens with zero attached hydrogens (tertiary/aromatic N) is 4. The number of rotatable bonds is 10. The maximum Gasteiger partial charge on any atom is 0.237 e. The van der Waals surface area contributed by atoms with Crippen LogP contribution in [0.2, 0.25) is 0 Å². The third kappa shape index (κ3) is 6.55. The lowest BCUT2D eigenvalue weighted by Gasteiger charge is -2.04. The van der Waals surface area contributed by atoms with E-state index in [1.54, 1.807) is 0 Å². The molecule has 1 amide bonds. The SMILES string of the molecule is CCCNC(=O)CSc1nnc(SCc2nc(-c3ccc(C(C)C)cc3)no2)s1. The summed E-state index contributed by atoms with van der Waals surface area (Å²) in [5, 5.41) is 15.2. The predicted molar refractivity (Wildman–Crippen MR) is 117 cm³/mol. The van der Waals surface area contributed by atoms with Crippen LogP contribution in [0.1, 0.15) is 44.6 Å². The van der Waals surface area contributed by atoms with Crippen LogP contribution in [0.4, 0.5) is 0 Å². The smallest absolute Gasteiger partial charge is 0.237 e. The Kier molecular flexibility index (Phi) is 8.08. The van der Waals surface area contributed by atoms with E-state index in [2.05, 4.69) is 51.6 Å². The van der Waals surface area contributed by atoms with E-state index in [0.717, 1.165) is 20.7 Å². The van der Waals surface area contributed by atoms with Crippen molar-refractivity contribution in [3.05, 3.63) is 35.7 Å². The lowest BCUT2D eigenvalue weighted by molar-refractivity contribution is -0.118. The molecule has 0 fully saturated rings. The first kappa shape index (κ1) is 21.8. The summed E-state index contributed by atoms with van der Waals surface area (Å²) in [5.41, 5.74) is 2.21. The molecule has 0 spiro atoms. The van der Waals surface area contributed by atoms with Gasteiger partial charge >= 0.3 is 0 Å². The zero-order chi connectivity index (χ0) is 20.6. The van der Waals surface area contributed by atoms with Gasteiger partial charge in [-0.2, -0.15) is 4.98 Å². The highest BCUT2D eigenvalue weighted by Crippen LogP contribution is 2.30. The number of aromatic nitrogens is 4. The standard InChI is InChI=1S/C19H23N5O2S3/c1-4-9-20-15(25)10-27-18-22-23-19(29-18)28-11-16-21-17(24-26-16)14-7-5-13(6-8-14)12(2)3/h5-8,12H,4,9-11H2,1-3H3,(H,20,25). The van der Waals surface area contributed by atoms with Crippen LogP contribution >= 0.6 is 34.9 Å². The maximum absolute atomic E-state index is 11.7. The minimum Gasteiger partial charge on any atom is -0.355 e. The van der Waals surface area contributed by atoms with E-state index in [0.29, 0.717) is 35.7 Å². The average molecular weight is 450 g/mol. The molecule has 10 heteroatoms. The van der Waals surface area contributed by atoms with Gasteiger partial charge < -0.3 is 9.84 Å². The summed E-state index contributed by atoms with van der Waals surface area (Å²) in [6.07, 6.45) is 0.927. The Balaban J connectivity index is 1.50. The van der Waals surface area contributed by atoms with Crippen LogP contribution < -0.4 is 5.32 Å². The van der Waals surface area contributed by atoms with Crippen molar-refractivity contribution >= 4 is 40.8 Å². The molecule has 2 aromatic heterocycles. The van der Waals surface area contributed by atoms with Crippen molar-refractivity contribution in [2.24, 2.45) is 0 Å². The molecule has 0 saturated carbocycles. The molecule has 2 heterocycles. The number of nitrogens with one attached hydrogen (secondary N) is 1. The quantitative estimate of drug-likeness (QED) is 0.448. The van der Waals surface area contributed by atoms with Crippen molar-refractivity contribution in [3.8, 4) is 11.4 Å². The van der Waals surface area contributed by atoms with E-state index in [4.69, 9.17) is 4.52 Å². The Morgan fingerprint density at radius 3 is 2.59 bits per heavy atom. The number of hydrogen-bond acceptors (Lipinski definition) is 9. The molecular formula is C19H23N5O2S3. The van der Waals surface area contributed by atoms with Crippen molar-refractivity contribution in [1.82, 2.24) is 25.7 Å². The Hall–Kier alpha value is -1.91. The molecule has 0 radical (unpaired) electrons. The maximum atomic E-state index is 11.7. The Morgan fingerprint density at radius 2 is 1.90 bits per heavy atom. The van der Waals surface area contributed by atoms with Gasteiger partial charge in [0.25, 0.3) is 0 Å². The van der Waals surface area contributed by atoms with Gasteiger partial charge in [-0.1, -0.05) is 85.1 Å². The van der Waals surface area contributed by atoms with Gasteiger partial charge in [-0.25, -0.2) is 0 Å². The van der Waals surface area contributed by atoms with Crippen LogP contribution in [-0.2, 0) is 10.5 Å². The molecule has 7 nitrogen and oxygen atoms in total. The van der Waals surface area contributed by atoms with Gasteiger partial charge in [0.15, 0.2) is 8.68 Å². The van der Waals surface area contributed by atoms with Crippen LogP contribution in [0, 0.1) is 0 Å². The number of hydrogen-bond donors (Lipinski definition) is 1. The second kappa shape index (κ2) is 10.7. The van der Waals surface area contributed by atoms with Crippen LogP contribution in [0.25, 0.3) is 11.4 Å². The summed E-state index contributed by atoms with van der Waals surface area (Å²) in [7, 11) is 0. The topological polar surface area (TPSA) is 93.8 Å². The van der Waals surface area contributed by atoms with Gasteiger partial charge in [-0.15, -0.1) is 10.2 Å². The first-order valence-corrected chi connectivity index (χ1v) is 12.1. The van der Waals surface area contributed by atoms with E-state index in [1.807, 2.05) is 19.1 Å². The van der Waals surface area contributed by atoms with Crippen molar-refractivity contribution in [2.45, 2.75) is 47.5 Å². The number of amides is 1. The molecule has 0 bridgehead atoms. The van der Waals surface area contributed by atoms with Crippen LogP contribution in [0.5, 0.6) is 0 Å². The zero-order valence-electron chi connectivity index (χ0n) is 16.5. The van der Waals surface area contributed by atoms with E-state index >= 15 is 0 Å². The summed E-state index contributed by atoms with van der Waals surface area (Å²) in [6, 6.07) is 8.21. The third-order valence-corrected chi connectivity index (χ3v) is 7.08. The lowest BCUT2D eigenvalue weighted by Crippen LogP contribution is -2.25. The molecule has 0 saturated heterocycles. The van der Waals surface area contributed by atoms with Gasteiger partial charge in [0.05, 0.1) is 11.5 Å². The van der Waals surface area contributed by atoms with Gasteiger partial charge in [-0.3, -0.25) is 4.79 Å². The Morgan fingerprint density at radius 1 is 1.17 bits per heavy atom. The van der Waals surface area contributed by atoms with E-state index in [1.165, 1.54) is 40.4 Å². The molecule has 154 valence electrons. The lowest BCUT2D eigenvalue weighted by atomic mass is 10.0. The summed E-state index contributed by atoms with van der Waals surface area (Å²) < 4.78 is 6.94. The average Bonchev–Trinajstić information content (AvgIpc) is 3.38. The molecule has 1 N–H and O–H groups in total. The largest absolute Gasteiger partial charge is 0.355 e. The van der Waals surface area contributed by atoms with Crippen molar-refractivity contribution in [2.75, 3.05) is 12.3 Å². The zero-order valence-corrected chi connectivity index (χ0v) is 19.0. The highest BCUT2D eigenvalue weighted by molar-refractivity contribution is 8.03. The molecular weight excluding hydrogens is 426 g/mol. The second-order valence-electron chi connectivity index (χ2n) is 6.55. The minimum absolute atomic E-state index is 0.0149. The molecule has 0 atom stereocenters. The summed E-state index contributed by atoms with van der Waals surface area (Å²) in [5.74, 6) is 2.50. The van der Waals surface area contributed by atoms with Crippen molar-refractivity contribution in [3.63, 3.8) is 0 Å². The number of carbonyl (C=O) groups excluding carboxylic acids is 1. The number of thioether (sulfide) groups is 2. The fraction of sp³-hybridized carbons (Fsp3) is 0.421. The fourth-order valence-corrected chi connectivity index (χ4v) is 5.02. The fourth-order valence-electron chi connectivity index (χ4n) is 2.33. The Bertz CT molecular complexity index is 924. The highest BCUT2D eigenvalue weighted by Gasteiger charge is 2.12. The van der Waals surface area contributed by atoms with Gasteiger partial charge in [0.2, 0.25) is 17.6 Å². The Labute approximate surface area is 182 Å². The molecule has 0 unspecified atom stereocenters. The minimum atomic E-state index is 0.0149. The van der Waals surface area contributed by atoms with Gasteiger partial charge in [0, 0.05) is 12.1 Å². The van der Waals surface area contributed by atoms with Crippen molar-refractivity contribution < 1.29 is 9.32 Å². The molecule has 3 aromatic rings. The van der Waals surface area contributed by atoms with Crippen LogP contribution in [0.3, 0.4) is 0 Å². The second-order valence-corrected chi connectivity index (χ2v) is 9.97. The predicted octanol–water partition coefficient (Wildman–Crippen LogP) is 4.62. The van der Waals surface area contributed by atoms with Gasteiger partial charge in [-0.05, 0) is 17.9 Å². The van der Waals surface area contributed by atoms with E-state index in [-0.39, 0.29) is 5.91 Å². The molecule has 0 aliphatic rings. The normalized spacial score (nSPS) is 11.2. The molecule has 1 aromatic carbocycles. The van der Waals surface area contributed by atoms with Crippen LogP contribution in [0.15, 0.2) is 37.5 Å².